The molecule has 0 saturated heterocycles. The van der Waals surface area contributed by atoms with E-state index in [-0.39, 0.29) is 17.4 Å². The Morgan fingerprint density at radius 2 is 2.17 bits per heavy atom. The molecule has 1 rings (SSSR count). The minimum atomic E-state index is -3.25. The van der Waals surface area contributed by atoms with Gasteiger partial charge in [0.05, 0.1) is 6.10 Å². The Kier molecular flexibility index (Phi) is 3.34. The molecule has 1 aliphatic rings. The average Bonchev–Trinajstić information content (AvgIpc) is 1.96. The van der Waals surface area contributed by atoms with Crippen molar-refractivity contribution in [3.8, 4) is 0 Å². The highest BCUT2D eigenvalue weighted by Crippen LogP contribution is 2.23. The first-order valence-electron chi connectivity index (χ1n) is 3.66. The Morgan fingerprint density at radius 1 is 1.58 bits per heavy atom. The van der Waals surface area contributed by atoms with Crippen LogP contribution >= 0.6 is 11.6 Å². The topological polar surface area (TPSA) is 55.4 Å². The minimum absolute atomic E-state index is 0.0127. The predicted molar refractivity (Wildman–Crippen MR) is 46.6 cm³/mol. The minimum Gasteiger partial charge on any atom is -0.381 e. The van der Waals surface area contributed by atoms with Crippen LogP contribution in [0.5, 0.6) is 0 Å². The molecule has 1 N–H and O–H groups in total. The summed E-state index contributed by atoms with van der Waals surface area (Å²) in [5.74, 6) is 0. The number of hydrogen-bond acceptors (Lipinski definition) is 3. The molecule has 0 unspecified atom stereocenters. The average molecular weight is 214 g/mol. The van der Waals surface area contributed by atoms with Crippen molar-refractivity contribution in [2.24, 2.45) is 0 Å². The fourth-order valence-electron chi connectivity index (χ4n) is 1.14. The molecule has 1 aliphatic carbocycles. The zero-order chi connectivity index (χ0) is 9.19. The molecule has 0 atom stereocenters. The van der Waals surface area contributed by atoms with Crippen molar-refractivity contribution in [3.63, 3.8) is 0 Å². The van der Waals surface area contributed by atoms with Gasteiger partial charge in [0, 0.05) is 13.2 Å². The SMILES string of the molecule is COC1CC(NS(=O)(=O)CCl)C1. The van der Waals surface area contributed by atoms with Crippen LogP contribution in [0.1, 0.15) is 12.8 Å². The standard InChI is InChI=1S/C6H12ClNO3S/c1-11-6-2-5(3-6)8-12(9,10)4-7/h5-6,8H,2-4H2,1H3. The van der Waals surface area contributed by atoms with Crippen molar-refractivity contribution in [1.82, 2.24) is 4.72 Å². The molecule has 0 aromatic carbocycles. The van der Waals surface area contributed by atoms with Gasteiger partial charge in [-0.1, -0.05) is 0 Å². The number of nitrogens with one attached hydrogen (secondary N) is 1. The van der Waals surface area contributed by atoms with Gasteiger partial charge in [0.1, 0.15) is 5.21 Å². The quantitative estimate of drug-likeness (QED) is 0.683. The molecule has 0 radical (unpaired) electrons. The third kappa shape index (κ3) is 2.58. The summed E-state index contributed by atoms with van der Waals surface area (Å²) in [6, 6.07) is 0.0127. The zero-order valence-electron chi connectivity index (χ0n) is 6.79. The molecule has 12 heavy (non-hydrogen) atoms. The van der Waals surface area contributed by atoms with E-state index < -0.39 is 10.0 Å². The Labute approximate surface area is 77.3 Å². The first-order valence-corrected chi connectivity index (χ1v) is 5.85. The van der Waals surface area contributed by atoms with Gasteiger partial charge in [-0.05, 0) is 12.8 Å². The van der Waals surface area contributed by atoms with E-state index in [2.05, 4.69) is 4.72 Å². The Bertz CT molecular complexity index is 235. The maximum absolute atomic E-state index is 10.9. The lowest BCUT2D eigenvalue weighted by Crippen LogP contribution is -2.47. The van der Waals surface area contributed by atoms with E-state index in [1.807, 2.05) is 0 Å². The summed E-state index contributed by atoms with van der Waals surface area (Å²) in [6.07, 6.45) is 1.69. The molecule has 72 valence electrons. The predicted octanol–water partition coefficient (Wildman–Crippen LogP) is 0.280. The highest BCUT2D eigenvalue weighted by atomic mass is 35.5. The molecular formula is C6H12ClNO3S. The second-order valence-electron chi connectivity index (χ2n) is 2.87. The highest BCUT2D eigenvalue weighted by Gasteiger charge is 2.31. The first kappa shape index (κ1) is 10.2. The number of halogens is 1. The highest BCUT2D eigenvalue weighted by molar-refractivity contribution is 7.90. The fraction of sp³-hybridized carbons (Fsp3) is 1.00. The number of alkyl halides is 1. The van der Waals surface area contributed by atoms with E-state index >= 15 is 0 Å². The monoisotopic (exact) mass is 213 g/mol. The Balaban J connectivity index is 2.28. The van der Waals surface area contributed by atoms with Crippen molar-refractivity contribution in [2.75, 3.05) is 12.3 Å². The maximum atomic E-state index is 10.9. The number of rotatable bonds is 4. The smallest absolute Gasteiger partial charge is 0.225 e. The summed E-state index contributed by atoms with van der Waals surface area (Å²) < 4.78 is 29.3. The molecule has 6 heteroatoms. The number of ether oxygens (including phenoxy) is 1. The molecule has 4 nitrogen and oxygen atoms in total. The summed E-state index contributed by atoms with van der Waals surface area (Å²) in [5.41, 5.74) is 0. The van der Waals surface area contributed by atoms with Crippen LogP contribution < -0.4 is 4.72 Å². The molecule has 0 amide bonds. The fourth-order valence-corrected chi connectivity index (χ4v) is 2.09. The lowest BCUT2D eigenvalue weighted by atomic mass is 9.90. The molecule has 1 saturated carbocycles. The van der Waals surface area contributed by atoms with Gasteiger partial charge in [-0.25, -0.2) is 13.1 Å². The Morgan fingerprint density at radius 3 is 2.58 bits per heavy atom. The van der Waals surface area contributed by atoms with Crippen LogP contribution in [0, 0.1) is 0 Å². The molecule has 1 fully saturated rings. The largest absolute Gasteiger partial charge is 0.381 e. The second kappa shape index (κ2) is 3.91. The molecule has 0 aromatic rings. The third-order valence-corrected chi connectivity index (χ3v) is 3.76. The summed E-state index contributed by atoms with van der Waals surface area (Å²) in [4.78, 5) is 0. The molecule has 0 aromatic heterocycles. The summed E-state index contributed by atoms with van der Waals surface area (Å²) in [6.45, 7) is 0. The zero-order valence-corrected chi connectivity index (χ0v) is 8.36. The maximum Gasteiger partial charge on any atom is 0.225 e. The number of sulfonamides is 1. The van der Waals surface area contributed by atoms with Gasteiger partial charge in [-0.2, -0.15) is 0 Å². The number of hydrogen-bond donors (Lipinski definition) is 1. The van der Waals surface area contributed by atoms with Crippen molar-refractivity contribution in [3.05, 3.63) is 0 Å². The van der Waals surface area contributed by atoms with E-state index in [0.29, 0.717) is 0 Å². The van der Waals surface area contributed by atoms with Gasteiger partial charge in [0.2, 0.25) is 10.0 Å². The van der Waals surface area contributed by atoms with Gasteiger partial charge in [0.15, 0.2) is 0 Å². The van der Waals surface area contributed by atoms with E-state index in [1.165, 1.54) is 0 Å². The second-order valence-corrected chi connectivity index (χ2v) is 5.21. The molecular weight excluding hydrogens is 202 g/mol. The van der Waals surface area contributed by atoms with Crippen molar-refractivity contribution < 1.29 is 13.2 Å². The number of methoxy groups -OCH3 is 1. The van der Waals surface area contributed by atoms with Crippen LogP contribution in [0.15, 0.2) is 0 Å². The van der Waals surface area contributed by atoms with Crippen LogP contribution in [0.2, 0.25) is 0 Å². The first-order chi connectivity index (χ1) is 5.57. The van der Waals surface area contributed by atoms with Crippen molar-refractivity contribution in [2.45, 2.75) is 25.0 Å². The van der Waals surface area contributed by atoms with Gasteiger partial charge in [-0.3, -0.25) is 0 Å². The van der Waals surface area contributed by atoms with Crippen LogP contribution in [-0.4, -0.2) is 32.9 Å². The Hall–Kier alpha value is 0.160. The summed E-state index contributed by atoms with van der Waals surface area (Å²) in [7, 11) is -1.63. The lowest BCUT2D eigenvalue weighted by molar-refractivity contribution is 0.0236. The van der Waals surface area contributed by atoms with Gasteiger partial charge >= 0.3 is 0 Å². The van der Waals surface area contributed by atoms with Crippen LogP contribution in [0.4, 0.5) is 0 Å². The molecule has 0 bridgehead atoms. The summed E-state index contributed by atoms with van der Waals surface area (Å²) >= 11 is 5.21. The van der Waals surface area contributed by atoms with E-state index in [4.69, 9.17) is 16.3 Å². The summed E-state index contributed by atoms with van der Waals surface area (Å²) in [5, 5.41) is -0.374. The van der Waals surface area contributed by atoms with Crippen LogP contribution in [0.25, 0.3) is 0 Å². The normalized spacial score (nSPS) is 29.8. The van der Waals surface area contributed by atoms with E-state index in [1.54, 1.807) is 7.11 Å². The van der Waals surface area contributed by atoms with Gasteiger partial charge in [0.25, 0.3) is 0 Å². The van der Waals surface area contributed by atoms with E-state index in [9.17, 15) is 8.42 Å². The third-order valence-electron chi connectivity index (χ3n) is 1.92. The van der Waals surface area contributed by atoms with Crippen LogP contribution in [0.3, 0.4) is 0 Å². The molecule has 0 aliphatic heterocycles. The van der Waals surface area contributed by atoms with E-state index in [0.717, 1.165) is 12.8 Å². The molecule has 0 heterocycles. The van der Waals surface area contributed by atoms with Gasteiger partial charge < -0.3 is 4.74 Å². The van der Waals surface area contributed by atoms with Gasteiger partial charge in [-0.15, -0.1) is 11.6 Å². The molecule has 0 spiro atoms. The van der Waals surface area contributed by atoms with Crippen molar-refractivity contribution >= 4 is 21.6 Å². The lowest BCUT2D eigenvalue weighted by Gasteiger charge is -2.33. The van der Waals surface area contributed by atoms with Crippen molar-refractivity contribution in [1.29, 1.82) is 0 Å². The van der Waals surface area contributed by atoms with Crippen LogP contribution in [-0.2, 0) is 14.8 Å².